The van der Waals surface area contributed by atoms with Gasteiger partial charge in [-0.15, -0.1) is 0 Å². The highest BCUT2D eigenvalue weighted by Gasteiger charge is 2.30. The Morgan fingerprint density at radius 2 is 1.56 bits per heavy atom. The molecule has 10 heteroatoms. The second kappa shape index (κ2) is 12.7. The number of aliphatic carboxylic acids is 1. The quantitative estimate of drug-likeness (QED) is 0.287. The lowest BCUT2D eigenvalue weighted by molar-refractivity contribution is -0.149. The van der Waals surface area contributed by atoms with Gasteiger partial charge in [0.2, 0.25) is 11.8 Å². The van der Waals surface area contributed by atoms with Crippen molar-refractivity contribution in [1.29, 1.82) is 0 Å². The van der Waals surface area contributed by atoms with Crippen LogP contribution in [0.25, 0.3) is 10.8 Å². The lowest BCUT2D eigenvalue weighted by Gasteiger charge is -2.29. The number of fused-ring (bicyclic) bond motifs is 1. The van der Waals surface area contributed by atoms with Crippen molar-refractivity contribution in [3.63, 3.8) is 0 Å². The Hall–Kier alpha value is -4.73. The molecule has 0 bridgehead atoms. The molecule has 0 saturated carbocycles. The van der Waals surface area contributed by atoms with Crippen LogP contribution in [-0.4, -0.2) is 52.0 Å². The average molecular weight is 534 g/mol. The number of amides is 3. The first-order valence-corrected chi connectivity index (χ1v) is 12.5. The third-order valence-corrected chi connectivity index (χ3v) is 6.37. The van der Waals surface area contributed by atoms with Crippen LogP contribution in [0.2, 0.25) is 0 Å². The number of carboxylic acid groups (broad SMARTS) is 2. The van der Waals surface area contributed by atoms with Crippen molar-refractivity contribution in [3.05, 3.63) is 71.8 Å². The van der Waals surface area contributed by atoms with E-state index < -0.39 is 41.7 Å². The lowest BCUT2D eigenvalue weighted by atomic mass is 9.97. The minimum atomic E-state index is -1.68. The first kappa shape index (κ1) is 28.8. The number of hydrogen-bond acceptors (Lipinski definition) is 6. The second-order valence-corrected chi connectivity index (χ2v) is 9.28. The van der Waals surface area contributed by atoms with Crippen molar-refractivity contribution < 1.29 is 34.2 Å². The summed E-state index contributed by atoms with van der Waals surface area (Å²) in [5.74, 6) is -5.08. The number of nitrogens with zero attached hydrogens (tertiary/aromatic N) is 1. The molecule has 0 saturated heterocycles. The highest BCUT2D eigenvalue weighted by atomic mass is 16.4. The van der Waals surface area contributed by atoms with Crippen LogP contribution < -0.4 is 15.5 Å². The van der Waals surface area contributed by atoms with Gasteiger partial charge in [0.25, 0.3) is 0 Å². The van der Waals surface area contributed by atoms with Gasteiger partial charge in [-0.3, -0.25) is 24.6 Å². The molecule has 0 heterocycles. The van der Waals surface area contributed by atoms with Crippen LogP contribution in [0, 0.1) is 0 Å². The number of carbonyl (C=O) groups excluding carboxylic acids is 3. The van der Waals surface area contributed by atoms with Crippen LogP contribution in [0.3, 0.4) is 0 Å². The number of imide groups is 1. The standard InChI is InChI=1S/C29H31N3O7/c1-17(32(27(35)29(38)39)24-14-7-6-13-23(24)28(36)37)9-8-11-21-16-15-20-10-4-5-12-22(20)25(21)30-18(2)26(34)31-19(3)33/h4-7,10,12-18,30H,8-9,11H2,1-3H3,(H,36,37)(H,38,39)(H,31,33,34). The second-order valence-electron chi connectivity index (χ2n) is 9.28. The number of benzene rings is 3. The van der Waals surface area contributed by atoms with Crippen LogP contribution in [0.1, 0.15) is 49.5 Å². The summed E-state index contributed by atoms with van der Waals surface area (Å²) in [6.45, 7) is 4.59. The van der Waals surface area contributed by atoms with Gasteiger partial charge in [0, 0.05) is 24.0 Å². The Labute approximate surface area is 225 Å². The van der Waals surface area contributed by atoms with E-state index in [1.54, 1.807) is 19.9 Å². The van der Waals surface area contributed by atoms with Gasteiger partial charge in [-0.2, -0.15) is 0 Å². The van der Waals surface area contributed by atoms with Crippen molar-refractivity contribution in [1.82, 2.24) is 5.32 Å². The highest BCUT2D eigenvalue weighted by molar-refractivity contribution is 6.37. The van der Waals surface area contributed by atoms with Crippen LogP contribution in [0.4, 0.5) is 11.4 Å². The van der Waals surface area contributed by atoms with E-state index in [4.69, 9.17) is 0 Å². The summed E-state index contributed by atoms with van der Waals surface area (Å²) >= 11 is 0. The molecule has 2 atom stereocenters. The Morgan fingerprint density at radius 3 is 2.23 bits per heavy atom. The molecule has 3 aromatic rings. The van der Waals surface area contributed by atoms with Crippen molar-refractivity contribution in [3.8, 4) is 0 Å². The maximum absolute atomic E-state index is 12.6. The number of rotatable bonds is 10. The van der Waals surface area contributed by atoms with Crippen LogP contribution >= 0.6 is 0 Å². The predicted octanol–water partition coefficient (Wildman–Crippen LogP) is 3.83. The minimum Gasteiger partial charge on any atom is -0.478 e. The molecule has 0 fully saturated rings. The number of para-hydroxylation sites is 1. The zero-order valence-electron chi connectivity index (χ0n) is 21.9. The van der Waals surface area contributed by atoms with E-state index in [2.05, 4.69) is 10.6 Å². The number of aromatic carboxylic acids is 1. The van der Waals surface area contributed by atoms with Gasteiger partial charge in [0.1, 0.15) is 6.04 Å². The first-order valence-electron chi connectivity index (χ1n) is 12.5. The molecule has 204 valence electrons. The van der Waals surface area contributed by atoms with Crippen molar-refractivity contribution in [2.45, 2.75) is 52.1 Å². The maximum atomic E-state index is 12.6. The molecule has 3 rings (SSSR count). The van der Waals surface area contributed by atoms with E-state index in [-0.39, 0.29) is 11.3 Å². The molecule has 39 heavy (non-hydrogen) atoms. The van der Waals surface area contributed by atoms with Crippen molar-refractivity contribution in [2.75, 3.05) is 10.2 Å². The normalized spacial score (nSPS) is 12.3. The number of carboxylic acids is 2. The molecule has 2 unspecified atom stereocenters. The molecule has 0 aromatic heterocycles. The van der Waals surface area contributed by atoms with Gasteiger partial charge in [-0.05, 0) is 56.2 Å². The monoisotopic (exact) mass is 533 g/mol. The number of carbonyl (C=O) groups is 5. The third kappa shape index (κ3) is 6.98. The summed E-state index contributed by atoms with van der Waals surface area (Å²) in [7, 11) is 0. The van der Waals surface area contributed by atoms with E-state index in [1.165, 1.54) is 25.1 Å². The van der Waals surface area contributed by atoms with E-state index in [9.17, 15) is 34.2 Å². The molecule has 0 aliphatic carbocycles. The predicted molar refractivity (Wildman–Crippen MR) is 147 cm³/mol. The smallest absolute Gasteiger partial charge is 0.394 e. The van der Waals surface area contributed by atoms with Crippen LogP contribution in [0.15, 0.2) is 60.7 Å². The van der Waals surface area contributed by atoms with Gasteiger partial charge in [0.05, 0.1) is 11.3 Å². The summed E-state index contributed by atoms with van der Waals surface area (Å²) in [6.07, 6.45) is 1.43. The molecule has 0 aliphatic heterocycles. The molecule has 0 spiro atoms. The fourth-order valence-corrected chi connectivity index (χ4v) is 4.49. The third-order valence-electron chi connectivity index (χ3n) is 6.37. The summed E-state index contributed by atoms with van der Waals surface area (Å²) < 4.78 is 0. The summed E-state index contributed by atoms with van der Waals surface area (Å²) in [6, 6.07) is 16.0. The first-order chi connectivity index (χ1) is 18.5. The van der Waals surface area contributed by atoms with Gasteiger partial charge < -0.3 is 15.5 Å². The van der Waals surface area contributed by atoms with Gasteiger partial charge >= 0.3 is 17.8 Å². The fourth-order valence-electron chi connectivity index (χ4n) is 4.49. The number of hydrogen-bond donors (Lipinski definition) is 4. The highest BCUT2D eigenvalue weighted by Crippen LogP contribution is 2.30. The summed E-state index contributed by atoms with van der Waals surface area (Å²) in [5, 5.41) is 26.4. The number of aryl methyl sites for hydroxylation is 1. The van der Waals surface area contributed by atoms with Gasteiger partial charge in [-0.25, -0.2) is 9.59 Å². The molecule has 3 amide bonds. The summed E-state index contributed by atoms with van der Waals surface area (Å²) in [4.78, 5) is 60.7. The molecule has 0 radical (unpaired) electrons. The molecule has 10 nitrogen and oxygen atoms in total. The van der Waals surface area contributed by atoms with Crippen LogP contribution in [0.5, 0.6) is 0 Å². The largest absolute Gasteiger partial charge is 0.478 e. The lowest BCUT2D eigenvalue weighted by Crippen LogP contribution is -2.43. The number of anilines is 2. The zero-order valence-corrected chi connectivity index (χ0v) is 21.9. The van der Waals surface area contributed by atoms with Crippen molar-refractivity contribution >= 4 is 51.8 Å². The minimum absolute atomic E-state index is 0.0169. The molecular weight excluding hydrogens is 502 g/mol. The molecule has 0 aliphatic rings. The zero-order chi connectivity index (χ0) is 28.7. The Kier molecular flexibility index (Phi) is 9.38. The molecule has 3 aromatic carbocycles. The fraction of sp³-hybridized carbons (Fsp3) is 0.276. The SMILES string of the molecule is CC(=O)NC(=O)C(C)Nc1c(CCCC(C)N(C(=O)C(=O)O)c2ccccc2C(=O)O)ccc2ccccc12. The van der Waals surface area contributed by atoms with Crippen LogP contribution in [-0.2, 0) is 25.6 Å². The number of nitrogens with one attached hydrogen (secondary N) is 2. The topological polar surface area (TPSA) is 153 Å². The summed E-state index contributed by atoms with van der Waals surface area (Å²) in [5.41, 5.74) is 1.48. The maximum Gasteiger partial charge on any atom is 0.394 e. The Balaban J connectivity index is 1.85. The van der Waals surface area contributed by atoms with Crippen molar-refractivity contribution in [2.24, 2.45) is 0 Å². The van der Waals surface area contributed by atoms with E-state index in [0.717, 1.165) is 26.9 Å². The van der Waals surface area contributed by atoms with E-state index in [1.807, 2.05) is 36.4 Å². The van der Waals surface area contributed by atoms with Gasteiger partial charge in [-0.1, -0.05) is 48.5 Å². The molecule has 4 N–H and O–H groups in total. The average Bonchev–Trinajstić information content (AvgIpc) is 2.89. The Bertz CT molecular complexity index is 1420. The van der Waals surface area contributed by atoms with Gasteiger partial charge in [0.15, 0.2) is 0 Å². The Morgan fingerprint density at radius 1 is 0.897 bits per heavy atom. The van der Waals surface area contributed by atoms with E-state index in [0.29, 0.717) is 19.3 Å². The van der Waals surface area contributed by atoms with E-state index >= 15 is 0 Å². The molecular formula is C29H31N3O7.